The molecule has 2 N–H and O–H groups in total. The van der Waals surface area contributed by atoms with E-state index < -0.39 is 0 Å². The van der Waals surface area contributed by atoms with Crippen LogP contribution in [0.15, 0.2) is 0 Å². The van der Waals surface area contributed by atoms with Crippen molar-refractivity contribution in [2.24, 2.45) is 5.73 Å². The fourth-order valence-electron chi connectivity index (χ4n) is 0.956. The van der Waals surface area contributed by atoms with Gasteiger partial charge in [-0.3, -0.25) is 0 Å². The van der Waals surface area contributed by atoms with E-state index in [1.165, 1.54) is 0 Å². The van der Waals surface area contributed by atoms with Crippen LogP contribution < -0.4 is 5.73 Å². The molecule has 1 aliphatic rings. The topological polar surface area (TPSA) is 55.6 Å². The van der Waals surface area contributed by atoms with Gasteiger partial charge in [0.05, 0.1) is 6.61 Å². The number of nitrogens with two attached hydrogens (primary N) is 1. The molecule has 5 heteroatoms. The molecule has 1 fully saturated rings. The van der Waals surface area contributed by atoms with E-state index in [1.807, 2.05) is 0 Å². The van der Waals surface area contributed by atoms with E-state index in [-0.39, 0.29) is 18.5 Å². The Morgan fingerprint density at radius 2 is 2.36 bits per heavy atom. The lowest BCUT2D eigenvalue weighted by Crippen LogP contribution is -2.40. The summed E-state index contributed by atoms with van der Waals surface area (Å²) in [6.07, 6.45) is 0.697. The molecule has 66 valence electrons. The van der Waals surface area contributed by atoms with Gasteiger partial charge in [-0.15, -0.1) is 12.4 Å². The zero-order valence-corrected chi connectivity index (χ0v) is 7.10. The highest BCUT2D eigenvalue weighted by atomic mass is 35.5. The van der Waals surface area contributed by atoms with Gasteiger partial charge in [0.15, 0.2) is 0 Å². The Bertz CT molecular complexity index is 130. The van der Waals surface area contributed by atoms with Crippen molar-refractivity contribution in [3.8, 4) is 0 Å². The summed E-state index contributed by atoms with van der Waals surface area (Å²) < 4.78 is 4.77. The van der Waals surface area contributed by atoms with Crippen molar-refractivity contribution < 1.29 is 9.53 Å². The molecule has 1 aliphatic heterocycles. The average molecular weight is 181 g/mol. The molecule has 0 bridgehead atoms. The Morgan fingerprint density at radius 3 is 2.91 bits per heavy atom. The maximum Gasteiger partial charge on any atom is 0.409 e. The lowest BCUT2D eigenvalue weighted by molar-refractivity contribution is 0.0742. The predicted octanol–water partition coefficient (Wildman–Crippen LogP) is 0.209. The molecule has 1 amide bonds. The summed E-state index contributed by atoms with van der Waals surface area (Å²) in [7, 11) is 0. The number of hydrogen-bond donors (Lipinski definition) is 1. The smallest absolute Gasteiger partial charge is 0.409 e. The second-order valence-corrected chi connectivity index (χ2v) is 2.24. The first kappa shape index (κ1) is 10.5. The van der Waals surface area contributed by atoms with Crippen molar-refractivity contribution in [2.75, 3.05) is 26.2 Å². The Morgan fingerprint density at radius 1 is 1.64 bits per heavy atom. The van der Waals surface area contributed by atoms with E-state index in [1.54, 1.807) is 4.90 Å². The molecular formula is C6H13ClN2O2. The largest absolute Gasteiger partial charge is 0.449 e. The van der Waals surface area contributed by atoms with Gasteiger partial charge in [0.1, 0.15) is 0 Å². The molecule has 0 aromatic carbocycles. The first-order valence-electron chi connectivity index (χ1n) is 3.46. The van der Waals surface area contributed by atoms with Crippen molar-refractivity contribution >= 4 is 18.5 Å². The van der Waals surface area contributed by atoms with E-state index >= 15 is 0 Å². The number of cyclic esters (lactones) is 1. The van der Waals surface area contributed by atoms with Gasteiger partial charge in [-0.1, -0.05) is 0 Å². The molecule has 0 aromatic heterocycles. The Kier molecular flexibility index (Phi) is 4.98. The molecule has 11 heavy (non-hydrogen) atoms. The molecule has 0 unspecified atom stereocenters. The van der Waals surface area contributed by atoms with E-state index in [0.29, 0.717) is 19.7 Å². The van der Waals surface area contributed by atoms with Crippen molar-refractivity contribution in [3.63, 3.8) is 0 Å². The van der Waals surface area contributed by atoms with Crippen LogP contribution in [-0.2, 0) is 4.74 Å². The molecule has 0 spiro atoms. The van der Waals surface area contributed by atoms with Gasteiger partial charge in [0.25, 0.3) is 0 Å². The van der Waals surface area contributed by atoms with Crippen LogP contribution in [0.25, 0.3) is 0 Å². The average Bonchev–Trinajstić information content (AvgIpc) is 1.94. The molecule has 0 aliphatic carbocycles. The summed E-state index contributed by atoms with van der Waals surface area (Å²) in [6, 6.07) is 0. The first-order valence-corrected chi connectivity index (χ1v) is 3.46. The van der Waals surface area contributed by atoms with Crippen LogP contribution in [-0.4, -0.2) is 37.2 Å². The number of ether oxygens (including phenoxy) is 1. The van der Waals surface area contributed by atoms with Crippen molar-refractivity contribution in [1.82, 2.24) is 4.90 Å². The van der Waals surface area contributed by atoms with Crippen LogP contribution in [0.2, 0.25) is 0 Å². The molecular weight excluding hydrogens is 168 g/mol. The van der Waals surface area contributed by atoms with Gasteiger partial charge in [-0.25, -0.2) is 4.79 Å². The Balaban J connectivity index is 0.000001000. The predicted molar refractivity (Wildman–Crippen MR) is 43.8 cm³/mol. The van der Waals surface area contributed by atoms with Crippen LogP contribution in [0, 0.1) is 0 Å². The molecule has 0 atom stereocenters. The van der Waals surface area contributed by atoms with Crippen molar-refractivity contribution in [3.05, 3.63) is 0 Å². The van der Waals surface area contributed by atoms with E-state index in [0.717, 1.165) is 13.0 Å². The maximum atomic E-state index is 10.8. The summed E-state index contributed by atoms with van der Waals surface area (Å²) in [5.41, 5.74) is 5.27. The third kappa shape index (κ3) is 2.95. The molecule has 4 nitrogen and oxygen atoms in total. The van der Waals surface area contributed by atoms with E-state index in [9.17, 15) is 4.79 Å². The fourth-order valence-corrected chi connectivity index (χ4v) is 0.956. The van der Waals surface area contributed by atoms with Gasteiger partial charge < -0.3 is 15.4 Å². The number of rotatable bonds is 2. The number of amides is 1. The summed E-state index contributed by atoms with van der Waals surface area (Å²) >= 11 is 0. The molecule has 0 saturated carbocycles. The third-order valence-corrected chi connectivity index (χ3v) is 1.46. The molecule has 1 heterocycles. The van der Waals surface area contributed by atoms with Gasteiger partial charge >= 0.3 is 6.09 Å². The van der Waals surface area contributed by atoms with Crippen LogP contribution in [0.4, 0.5) is 4.79 Å². The first-order chi connectivity index (χ1) is 4.84. The Labute approximate surface area is 72.1 Å². The van der Waals surface area contributed by atoms with E-state index in [4.69, 9.17) is 10.5 Å². The highest BCUT2D eigenvalue weighted by Crippen LogP contribution is 2.02. The monoisotopic (exact) mass is 180 g/mol. The number of halogens is 1. The second kappa shape index (κ2) is 5.21. The van der Waals surface area contributed by atoms with Crippen LogP contribution >= 0.6 is 12.4 Å². The molecule has 1 saturated heterocycles. The van der Waals surface area contributed by atoms with Gasteiger partial charge in [-0.05, 0) is 6.42 Å². The summed E-state index contributed by atoms with van der Waals surface area (Å²) in [4.78, 5) is 12.5. The van der Waals surface area contributed by atoms with Gasteiger partial charge in [0, 0.05) is 19.6 Å². The third-order valence-electron chi connectivity index (χ3n) is 1.46. The summed E-state index contributed by atoms with van der Waals surface area (Å²) in [5, 5.41) is 0. The molecule has 0 aromatic rings. The number of carbonyl (C=O) groups excluding carboxylic acids is 1. The quantitative estimate of drug-likeness (QED) is 0.661. The van der Waals surface area contributed by atoms with Crippen LogP contribution in [0.1, 0.15) is 6.42 Å². The van der Waals surface area contributed by atoms with E-state index in [2.05, 4.69) is 0 Å². The van der Waals surface area contributed by atoms with Gasteiger partial charge in [0.2, 0.25) is 0 Å². The Hall–Kier alpha value is -0.480. The fraction of sp³-hybridized carbons (Fsp3) is 0.833. The minimum Gasteiger partial charge on any atom is -0.449 e. The minimum atomic E-state index is -0.225. The standard InChI is InChI=1S/C6H12N2O2.ClH/c7-2-4-8-3-1-5-10-6(8)9;/h1-5,7H2;1H. The number of nitrogens with zero attached hydrogens (tertiary/aromatic N) is 1. The number of carbonyl (C=O) groups is 1. The second-order valence-electron chi connectivity index (χ2n) is 2.24. The highest BCUT2D eigenvalue weighted by molar-refractivity contribution is 5.85. The maximum absolute atomic E-state index is 10.8. The van der Waals surface area contributed by atoms with Crippen molar-refractivity contribution in [2.45, 2.75) is 6.42 Å². The molecule has 1 rings (SSSR count). The number of hydrogen-bond acceptors (Lipinski definition) is 3. The minimum absolute atomic E-state index is 0. The van der Waals surface area contributed by atoms with Crippen molar-refractivity contribution in [1.29, 1.82) is 0 Å². The lowest BCUT2D eigenvalue weighted by atomic mass is 10.4. The summed E-state index contributed by atoms with van der Waals surface area (Å²) in [6.45, 7) is 2.46. The van der Waals surface area contributed by atoms with Crippen LogP contribution in [0.5, 0.6) is 0 Å². The zero-order chi connectivity index (χ0) is 7.40. The highest BCUT2D eigenvalue weighted by Gasteiger charge is 2.17. The molecule has 0 radical (unpaired) electrons. The SMILES string of the molecule is Cl.NCCN1CCCOC1=O. The normalized spacial score (nSPS) is 17.2. The summed E-state index contributed by atoms with van der Waals surface area (Å²) in [5.74, 6) is 0. The lowest BCUT2D eigenvalue weighted by Gasteiger charge is -2.25. The zero-order valence-electron chi connectivity index (χ0n) is 6.28. The van der Waals surface area contributed by atoms with Crippen LogP contribution in [0.3, 0.4) is 0 Å². The van der Waals surface area contributed by atoms with Gasteiger partial charge in [-0.2, -0.15) is 0 Å².